The third-order valence-electron chi connectivity index (χ3n) is 3.59. The van der Waals surface area contributed by atoms with Crippen LogP contribution in [0.25, 0.3) is 5.69 Å². The molecular formula is C16H20N4O3. The molecule has 0 saturated carbocycles. The van der Waals surface area contributed by atoms with E-state index < -0.39 is 23.1 Å². The molecule has 7 heteroatoms. The number of nitrogens with one attached hydrogen (secondary N) is 1. The third kappa shape index (κ3) is 3.18. The fraction of sp³-hybridized carbons (Fsp3) is 0.312. The van der Waals surface area contributed by atoms with Crippen molar-refractivity contribution in [3.8, 4) is 5.69 Å². The predicted molar refractivity (Wildman–Crippen MR) is 87.2 cm³/mol. The van der Waals surface area contributed by atoms with E-state index in [9.17, 15) is 14.7 Å². The zero-order chi connectivity index (χ0) is 17.4. The second kappa shape index (κ2) is 5.75. The second-order valence-electron chi connectivity index (χ2n) is 6.43. The topological polar surface area (TPSA) is 114 Å². The number of amidine groups is 1. The maximum atomic E-state index is 12.6. The van der Waals surface area contributed by atoms with E-state index in [4.69, 9.17) is 11.1 Å². The fourth-order valence-electron chi connectivity index (χ4n) is 2.49. The number of imidazole rings is 1. The monoisotopic (exact) mass is 316 g/mol. The van der Waals surface area contributed by atoms with Gasteiger partial charge < -0.3 is 10.8 Å². The average molecular weight is 316 g/mol. The number of carbonyl (C=O) groups is 1. The molecule has 23 heavy (non-hydrogen) atoms. The van der Waals surface area contributed by atoms with Gasteiger partial charge in [0, 0.05) is 18.0 Å². The minimum absolute atomic E-state index is 0.0554. The number of carboxylic acid groups (broad SMARTS) is 1. The van der Waals surface area contributed by atoms with E-state index in [0.717, 1.165) is 0 Å². The van der Waals surface area contributed by atoms with Crippen LogP contribution in [-0.4, -0.2) is 26.0 Å². The van der Waals surface area contributed by atoms with Crippen molar-refractivity contribution in [2.75, 3.05) is 0 Å². The van der Waals surface area contributed by atoms with Crippen molar-refractivity contribution in [2.45, 2.75) is 26.8 Å². The molecule has 2 rings (SSSR count). The first-order chi connectivity index (χ1) is 10.6. The molecule has 0 saturated heterocycles. The summed E-state index contributed by atoms with van der Waals surface area (Å²) in [5.74, 6) is -1.11. The van der Waals surface area contributed by atoms with Gasteiger partial charge in [0.05, 0.1) is 5.69 Å². The molecule has 1 aromatic carbocycles. The molecule has 0 bridgehead atoms. The van der Waals surface area contributed by atoms with E-state index in [1.54, 1.807) is 45.0 Å². The first kappa shape index (κ1) is 16.5. The van der Waals surface area contributed by atoms with Crippen molar-refractivity contribution in [1.29, 1.82) is 5.41 Å². The van der Waals surface area contributed by atoms with Gasteiger partial charge in [-0.25, -0.2) is 9.59 Å². The lowest BCUT2D eigenvalue weighted by molar-refractivity contribution is -0.144. The molecule has 1 aromatic heterocycles. The summed E-state index contributed by atoms with van der Waals surface area (Å²) in [5, 5.41) is 16.8. The van der Waals surface area contributed by atoms with Crippen molar-refractivity contribution in [2.24, 2.45) is 11.1 Å². The van der Waals surface area contributed by atoms with Crippen molar-refractivity contribution in [3.05, 3.63) is 52.7 Å². The summed E-state index contributed by atoms with van der Waals surface area (Å²) in [4.78, 5) is 24.1. The molecular weight excluding hydrogens is 296 g/mol. The quantitative estimate of drug-likeness (QED) is 0.587. The molecule has 0 spiro atoms. The highest BCUT2D eigenvalue weighted by molar-refractivity contribution is 5.95. The Balaban J connectivity index is 2.49. The Morgan fingerprint density at radius 1 is 1.22 bits per heavy atom. The molecule has 0 aliphatic carbocycles. The van der Waals surface area contributed by atoms with Crippen LogP contribution in [-0.2, 0) is 4.79 Å². The molecule has 2 aromatic rings. The van der Waals surface area contributed by atoms with Crippen LogP contribution >= 0.6 is 0 Å². The van der Waals surface area contributed by atoms with Crippen LogP contribution in [0.3, 0.4) is 0 Å². The van der Waals surface area contributed by atoms with Gasteiger partial charge in [0.15, 0.2) is 0 Å². The first-order valence-electron chi connectivity index (χ1n) is 7.10. The zero-order valence-electron chi connectivity index (χ0n) is 13.3. The Morgan fingerprint density at radius 3 is 2.22 bits per heavy atom. The third-order valence-corrected chi connectivity index (χ3v) is 3.59. The Morgan fingerprint density at radius 2 is 1.78 bits per heavy atom. The van der Waals surface area contributed by atoms with Gasteiger partial charge in [0.25, 0.3) is 0 Å². The molecule has 1 atom stereocenters. The zero-order valence-corrected chi connectivity index (χ0v) is 13.3. The number of aromatic nitrogens is 2. The number of hydrogen-bond acceptors (Lipinski definition) is 3. The minimum atomic E-state index is -1.05. The molecule has 4 N–H and O–H groups in total. The highest BCUT2D eigenvalue weighted by Crippen LogP contribution is 2.29. The summed E-state index contributed by atoms with van der Waals surface area (Å²) >= 11 is 0. The van der Waals surface area contributed by atoms with Crippen LogP contribution in [0.4, 0.5) is 0 Å². The minimum Gasteiger partial charge on any atom is -0.480 e. The molecule has 0 radical (unpaired) electrons. The summed E-state index contributed by atoms with van der Waals surface area (Å²) in [6.45, 7) is 5.33. The van der Waals surface area contributed by atoms with Gasteiger partial charge in [-0.2, -0.15) is 0 Å². The number of rotatable bonds is 4. The van der Waals surface area contributed by atoms with Crippen LogP contribution in [0.1, 0.15) is 32.4 Å². The molecule has 0 fully saturated rings. The average Bonchev–Trinajstić information content (AvgIpc) is 2.79. The fourth-order valence-corrected chi connectivity index (χ4v) is 2.49. The molecule has 7 nitrogen and oxygen atoms in total. The van der Waals surface area contributed by atoms with Gasteiger partial charge in [-0.1, -0.05) is 20.8 Å². The van der Waals surface area contributed by atoms with Crippen molar-refractivity contribution in [3.63, 3.8) is 0 Å². The lowest BCUT2D eigenvalue weighted by Gasteiger charge is -2.27. The molecule has 122 valence electrons. The van der Waals surface area contributed by atoms with E-state index in [1.807, 2.05) is 0 Å². The van der Waals surface area contributed by atoms with Crippen molar-refractivity contribution >= 4 is 11.8 Å². The normalized spacial score (nSPS) is 12.8. The highest BCUT2D eigenvalue weighted by Gasteiger charge is 2.34. The predicted octanol–water partition coefficient (Wildman–Crippen LogP) is 1.59. The summed E-state index contributed by atoms with van der Waals surface area (Å²) in [5.41, 5.74) is 5.50. The van der Waals surface area contributed by atoms with Gasteiger partial charge in [-0.15, -0.1) is 0 Å². The van der Waals surface area contributed by atoms with Gasteiger partial charge >= 0.3 is 11.7 Å². The van der Waals surface area contributed by atoms with Gasteiger partial charge in [-0.3, -0.25) is 14.5 Å². The molecule has 0 amide bonds. The standard InChI is InChI=1S/C16H20N4O3/c1-16(2,3)12(14(21)22)20-9-8-19(15(20)23)11-6-4-10(5-7-11)13(17)18/h4-9,12H,1-3H3,(H3,17,18)(H,21,22). The SMILES string of the molecule is CC(C)(C)C(C(=O)O)n1ccn(-c2ccc(C(=N)N)cc2)c1=O. The number of benzene rings is 1. The van der Waals surface area contributed by atoms with E-state index >= 15 is 0 Å². The van der Waals surface area contributed by atoms with Gasteiger partial charge in [0.1, 0.15) is 11.9 Å². The van der Waals surface area contributed by atoms with Crippen LogP contribution < -0.4 is 11.4 Å². The van der Waals surface area contributed by atoms with Crippen molar-refractivity contribution in [1.82, 2.24) is 9.13 Å². The van der Waals surface area contributed by atoms with E-state index in [2.05, 4.69) is 0 Å². The van der Waals surface area contributed by atoms with E-state index in [-0.39, 0.29) is 5.84 Å². The first-order valence-corrected chi connectivity index (χ1v) is 7.10. The van der Waals surface area contributed by atoms with Crippen LogP contribution in [0, 0.1) is 10.8 Å². The molecule has 0 aliphatic rings. The molecule has 0 aliphatic heterocycles. The maximum Gasteiger partial charge on any atom is 0.333 e. The number of nitrogen functional groups attached to an aromatic ring is 1. The number of nitrogens with two attached hydrogens (primary N) is 1. The van der Waals surface area contributed by atoms with Crippen LogP contribution in [0.2, 0.25) is 0 Å². The Hall–Kier alpha value is -2.83. The largest absolute Gasteiger partial charge is 0.480 e. The number of carboxylic acids is 1. The number of hydrogen-bond donors (Lipinski definition) is 3. The van der Waals surface area contributed by atoms with E-state index in [0.29, 0.717) is 11.3 Å². The molecule has 1 unspecified atom stereocenters. The molecule has 1 heterocycles. The summed E-state index contributed by atoms with van der Waals surface area (Å²) in [6.07, 6.45) is 3.01. The summed E-state index contributed by atoms with van der Waals surface area (Å²) in [7, 11) is 0. The summed E-state index contributed by atoms with van der Waals surface area (Å²) in [6, 6.07) is 5.64. The maximum absolute atomic E-state index is 12.6. The Labute approximate surface area is 133 Å². The number of nitrogens with zero attached hydrogens (tertiary/aromatic N) is 2. The number of aliphatic carboxylic acids is 1. The van der Waals surface area contributed by atoms with Crippen LogP contribution in [0.5, 0.6) is 0 Å². The summed E-state index contributed by atoms with van der Waals surface area (Å²) < 4.78 is 2.59. The van der Waals surface area contributed by atoms with Crippen LogP contribution in [0.15, 0.2) is 41.5 Å². The lowest BCUT2D eigenvalue weighted by atomic mass is 9.86. The Bertz CT molecular complexity index is 794. The van der Waals surface area contributed by atoms with Gasteiger partial charge in [-0.05, 0) is 29.7 Å². The van der Waals surface area contributed by atoms with E-state index in [1.165, 1.54) is 21.5 Å². The van der Waals surface area contributed by atoms with Crippen molar-refractivity contribution < 1.29 is 9.90 Å². The highest BCUT2D eigenvalue weighted by atomic mass is 16.4. The van der Waals surface area contributed by atoms with Gasteiger partial charge in [0.2, 0.25) is 0 Å². The second-order valence-corrected chi connectivity index (χ2v) is 6.43. The lowest BCUT2D eigenvalue weighted by Crippen LogP contribution is -2.38. The smallest absolute Gasteiger partial charge is 0.333 e. The Kier molecular flexibility index (Phi) is 4.14.